The molecule has 2 aromatic rings. The zero-order chi connectivity index (χ0) is 12.5. The summed E-state index contributed by atoms with van der Waals surface area (Å²) < 4.78 is 2.19. The van der Waals surface area contributed by atoms with Gasteiger partial charge in [-0.15, -0.1) is 11.6 Å². The number of alkyl halides is 1. The molecular formula is C14H14ClN3. The van der Waals surface area contributed by atoms with Crippen molar-refractivity contribution in [2.24, 2.45) is 5.92 Å². The van der Waals surface area contributed by atoms with Gasteiger partial charge in [0.15, 0.2) is 0 Å². The van der Waals surface area contributed by atoms with Crippen LogP contribution in [-0.2, 0) is 12.4 Å². The van der Waals surface area contributed by atoms with Gasteiger partial charge in [0.2, 0.25) is 0 Å². The third-order valence-corrected chi connectivity index (χ3v) is 4.00. The molecule has 1 heterocycles. The van der Waals surface area contributed by atoms with Crippen LogP contribution in [0.1, 0.15) is 30.7 Å². The Morgan fingerprint density at radius 2 is 2.28 bits per heavy atom. The molecule has 1 aromatic carbocycles. The lowest BCUT2D eigenvalue weighted by Gasteiger charge is -2.26. The summed E-state index contributed by atoms with van der Waals surface area (Å²) in [5.74, 6) is 2.02. The van der Waals surface area contributed by atoms with Crippen LogP contribution in [0.4, 0.5) is 0 Å². The van der Waals surface area contributed by atoms with E-state index in [1.165, 1.54) is 19.3 Å². The molecule has 1 aliphatic carbocycles. The van der Waals surface area contributed by atoms with E-state index in [9.17, 15) is 0 Å². The van der Waals surface area contributed by atoms with Gasteiger partial charge in [0.05, 0.1) is 17.0 Å². The lowest BCUT2D eigenvalue weighted by Crippen LogP contribution is -2.19. The molecule has 1 aromatic heterocycles. The van der Waals surface area contributed by atoms with Crippen molar-refractivity contribution in [1.82, 2.24) is 9.55 Å². The topological polar surface area (TPSA) is 41.6 Å². The molecule has 3 nitrogen and oxygen atoms in total. The number of nitrogens with zero attached hydrogens (tertiary/aromatic N) is 3. The second kappa shape index (κ2) is 4.62. The van der Waals surface area contributed by atoms with Crippen molar-refractivity contribution < 1.29 is 0 Å². The first-order valence-electron chi connectivity index (χ1n) is 6.27. The summed E-state index contributed by atoms with van der Waals surface area (Å²) in [5.41, 5.74) is 2.46. The minimum absolute atomic E-state index is 0.395. The summed E-state index contributed by atoms with van der Waals surface area (Å²) in [6.07, 6.45) is 3.91. The monoisotopic (exact) mass is 259 g/mol. The average molecular weight is 260 g/mol. The van der Waals surface area contributed by atoms with E-state index >= 15 is 0 Å². The molecular weight excluding hydrogens is 246 g/mol. The number of fused-ring (bicyclic) bond motifs is 1. The van der Waals surface area contributed by atoms with Crippen molar-refractivity contribution >= 4 is 22.6 Å². The van der Waals surface area contributed by atoms with Crippen LogP contribution in [0, 0.1) is 17.2 Å². The van der Waals surface area contributed by atoms with Crippen molar-refractivity contribution in [3.05, 3.63) is 29.6 Å². The molecule has 0 saturated heterocycles. The SMILES string of the molecule is N#Cc1cccc2c1nc(CCl)n2CC1CCC1. The first-order valence-corrected chi connectivity index (χ1v) is 6.81. The van der Waals surface area contributed by atoms with E-state index in [0.29, 0.717) is 11.4 Å². The van der Waals surface area contributed by atoms with Gasteiger partial charge in [-0.2, -0.15) is 5.26 Å². The highest BCUT2D eigenvalue weighted by Gasteiger charge is 2.21. The Hall–Kier alpha value is -1.53. The minimum atomic E-state index is 0.395. The van der Waals surface area contributed by atoms with Gasteiger partial charge >= 0.3 is 0 Å². The van der Waals surface area contributed by atoms with Crippen molar-refractivity contribution in [3.8, 4) is 6.07 Å². The van der Waals surface area contributed by atoms with Gasteiger partial charge in [-0.3, -0.25) is 0 Å². The van der Waals surface area contributed by atoms with Crippen molar-refractivity contribution in [2.45, 2.75) is 31.7 Å². The van der Waals surface area contributed by atoms with E-state index < -0.39 is 0 Å². The fourth-order valence-electron chi connectivity index (χ4n) is 2.52. The molecule has 1 saturated carbocycles. The predicted molar refractivity (Wildman–Crippen MR) is 71.3 cm³/mol. The van der Waals surface area contributed by atoms with Gasteiger partial charge in [-0.25, -0.2) is 4.98 Å². The van der Waals surface area contributed by atoms with Crippen LogP contribution in [0.3, 0.4) is 0 Å². The number of imidazole rings is 1. The Kier molecular flexibility index (Phi) is 2.97. The highest BCUT2D eigenvalue weighted by atomic mass is 35.5. The number of rotatable bonds is 3. The molecule has 0 aliphatic heterocycles. The van der Waals surface area contributed by atoms with Crippen LogP contribution in [0.15, 0.2) is 18.2 Å². The molecule has 0 N–H and O–H groups in total. The average Bonchev–Trinajstić information content (AvgIpc) is 2.71. The Labute approximate surface area is 111 Å². The second-order valence-electron chi connectivity index (χ2n) is 4.85. The molecule has 1 fully saturated rings. The minimum Gasteiger partial charge on any atom is -0.327 e. The van der Waals surface area contributed by atoms with Crippen LogP contribution < -0.4 is 0 Å². The van der Waals surface area contributed by atoms with Crippen LogP contribution in [0.2, 0.25) is 0 Å². The fraction of sp³-hybridized carbons (Fsp3) is 0.429. The summed E-state index contributed by atoms with van der Waals surface area (Å²) >= 11 is 5.98. The first-order chi connectivity index (χ1) is 8.83. The van der Waals surface area contributed by atoms with E-state index in [-0.39, 0.29) is 0 Å². The van der Waals surface area contributed by atoms with Gasteiger partial charge in [0.25, 0.3) is 0 Å². The number of nitriles is 1. The molecule has 0 spiro atoms. The quantitative estimate of drug-likeness (QED) is 0.793. The van der Waals surface area contributed by atoms with Crippen molar-refractivity contribution in [3.63, 3.8) is 0 Å². The number of hydrogen-bond acceptors (Lipinski definition) is 2. The van der Waals surface area contributed by atoms with Crippen molar-refractivity contribution in [1.29, 1.82) is 5.26 Å². The number of para-hydroxylation sites is 1. The lowest BCUT2D eigenvalue weighted by molar-refractivity contribution is 0.277. The van der Waals surface area contributed by atoms with E-state index in [1.807, 2.05) is 12.1 Å². The Morgan fingerprint density at radius 3 is 2.89 bits per heavy atom. The maximum absolute atomic E-state index is 9.12. The maximum Gasteiger partial charge on any atom is 0.124 e. The normalized spacial score (nSPS) is 15.6. The molecule has 0 amide bonds. The fourth-order valence-corrected chi connectivity index (χ4v) is 2.73. The third-order valence-electron chi connectivity index (χ3n) is 3.76. The molecule has 0 bridgehead atoms. The van der Waals surface area contributed by atoms with Crippen molar-refractivity contribution in [2.75, 3.05) is 0 Å². The third kappa shape index (κ3) is 1.77. The highest BCUT2D eigenvalue weighted by Crippen LogP contribution is 2.30. The van der Waals surface area contributed by atoms with E-state index in [0.717, 1.165) is 29.3 Å². The Bertz CT molecular complexity index is 620. The standard InChI is InChI=1S/C14H14ClN3/c15-7-13-17-14-11(8-16)5-2-6-12(14)18(13)9-10-3-1-4-10/h2,5-6,10H,1,3-4,7,9H2. The van der Waals surface area contributed by atoms with Crippen LogP contribution in [0.5, 0.6) is 0 Å². The number of halogens is 1. The zero-order valence-electron chi connectivity index (χ0n) is 10.1. The van der Waals surface area contributed by atoms with Gasteiger partial charge in [-0.1, -0.05) is 12.5 Å². The van der Waals surface area contributed by atoms with Crippen LogP contribution >= 0.6 is 11.6 Å². The maximum atomic E-state index is 9.12. The number of aromatic nitrogens is 2. The van der Waals surface area contributed by atoms with Gasteiger partial charge in [0.1, 0.15) is 17.4 Å². The summed E-state index contributed by atoms with van der Waals surface area (Å²) in [5, 5.41) is 9.12. The summed E-state index contributed by atoms with van der Waals surface area (Å²) in [6, 6.07) is 7.94. The lowest BCUT2D eigenvalue weighted by atomic mass is 9.85. The number of benzene rings is 1. The molecule has 0 radical (unpaired) electrons. The zero-order valence-corrected chi connectivity index (χ0v) is 10.8. The predicted octanol–water partition coefficient (Wildman–Crippen LogP) is 3.45. The smallest absolute Gasteiger partial charge is 0.124 e. The molecule has 0 atom stereocenters. The largest absolute Gasteiger partial charge is 0.327 e. The molecule has 4 heteroatoms. The molecule has 0 unspecified atom stereocenters. The summed E-state index contributed by atoms with van der Waals surface area (Å²) in [6.45, 7) is 0.980. The summed E-state index contributed by atoms with van der Waals surface area (Å²) in [4.78, 5) is 4.52. The second-order valence-corrected chi connectivity index (χ2v) is 5.12. The van der Waals surface area contributed by atoms with Gasteiger partial charge in [-0.05, 0) is 30.9 Å². The molecule has 3 rings (SSSR count). The Morgan fingerprint density at radius 1 is 1.44 bits per heavy atom. The molecule has 1 aliphatic rings. The van der Waals surface area contributed by atoms with E-state index in [2.05, 4.69) is 15.6 Å². The first kappa shape index (κ1) is 11.6. The molecule has 92 valence electrons. The highest BCUT2D eigenvalue weighted by molar-refractivity contribution is 6.16. The van der Waals surface area contributed by atoms with E-state index in [1.54, 1.807) is 6.07 Å². The van der Waals surface area contributed by atoms with Gasteiger partial charge in [0, 0.05) is 6.54 Å². The number of hydrogen-bond donors (Lipinski definition) is 0. The van der Waals surface area contributed by atoms with Crippen LogP contribution in [-0.4, -0.2) is 9.55 Å². The van der Waals surface area contributed by atoms with E-state index in [4.69, 9.17) is 16.9 Å². The summed E-state index contributed by atoms with van der Waals surface area (Å²) in [7, 11) is 0. The van der Waals surface area contributed by atoms with Gasteiger partial charge < -0.3 is 4.57 Å². The Balaban J connectivity index is 2.12. The van der Waals surface area contributed by atoms with Crippen LogP contribution in [0.25, 0.3) is 11.0 Å². The molecule has 18 heavy (non-hydrogen) atoms.